The molecule has 1 rings (SSSR count). The Morgan fingerprint density at radius 1 is 1.67 bits per heavy atom. The number of aliphatic carboxylic acids is 1. The van der Waals surface area contributed by atoms with Crippen LogP contribution in [0.25, 0.3) is 0 Å². The van der Waals surface area contributed by atoms with Crippen molar-refractivity contribution < 1.29 is 18.7 Å². The van der Waals surface area contributed by atoms with E-state index in [2.05, 4.69) is 20.9 Å². The van der Waals surface area contributed by atoms with Gasteiger partial charge in [-0.25, -0.2) is 13.8 Å². The molecular weight excluding hydrogens is 274 g/mol. The Balaban J connectivity index is 3.17. The van der Waals surface area contributed by atoms with Crippen LogP contribution in [0.15, 0.2) is 10.5 Å². The lowest BCUT2D eigenvalue weighted by molar-refractivity contribution is -0.136. The third-order valence-corrected chi connectivity index (χ3v) is 2.29. The Hall–Kier alpha value is -1.24. The van der Waals surface area contributed by atoms with Crippen molar-refractivity contribution in [1.29, 1.82) is 0 Å². The first-order valence-corrected chi connectivity index (χ1v) is 4.66. The summed E-state index contributed by atoms with van der Waals surface area (Å²) in [5.41, 5.74) is 4.62. The Bertz CT molecular complexity index is 398. The molecule has 0 atom stereocenters. The number of carbonyl (C=O) groups is 1. The SMILES string of the molecule is Nc1c(Br)cc(CC(=O)O)nc1C(F)F. The van der Waals surface area contributed by atoms with Crippen molar-refractivity contribution in [1.82, 2.24) is 4.98 Å². The van der Waals surface area contributed by atoms with Gasteiger partial charge in [-0.15, -0.1) is 0 Å². The normalized spacial score (nSPS) is 10.7. The number of hydrogen-bond donors (Lipinski definition) is 2. The first kappa shape index (κ1) is 11.8. The van der Waals surface area contributed by atoms with Gasteiger partial charge in [-0.3, -0.25) is 4.79 Å². The molecule has 0 aliphatic heterocycles. The molecule has 1 heterocycles. The number of pyridine rings is 1. The van der Waals surface area contributed by atoms with Gasteiger partial charge in [0.05, 0.1) is 17.8 Å². The van der Waals surface area contributed by atoms with E-state index >= 15 is 0 Å². The first-order valence-electron chi connectivity index (χ1n) is 3.86. The number of nitrogens with two attached hydrogens (primary N) is 1. The van der Waals surface area contributed by atoms with E-state index < -0.39 is 24.5 Å². The van der Waals surface area contributed by atoms with E-state index in [0.29, 0.717) is 0 Å². The van der Waals surface area contributed by atoms with Gasteiger partial charge in [0.15, 0.2) is 0 Å². The molecule has 0 aliphatic rings. The van der Waals surface area contributed by atoms with Crippen molar-refractivity contribution in [2.24, 2.45) is 0 Å². The van der Waals surface area contributed by atoms with Gasteiger partial charge in [-0.05, 0) is 22.0 Å². The highest BCUT2D eigenvalue weighted by Gasteiger charge is 2.17. The molecule has 1 aromatic rings. The molecule has 0 unspecified atom stereocenters. The molecule has 0 fully saturated rings. The van der Waals surface area contributed by atoms with Crippen LogP contribution >= 0.6 is 15.9 Å². The average Bonchev–Trinajstić information content (AvgIpc) is 2.09. The Morgan fingerprint density at radius 2 is 2.27 bits per heavy atom. The molecule has 15 heavy (non-hydrogen) atoms. The second-order valence-electron chi connectivity index (χ2n) is 2.77. The number of nitrogen functional groups attached to an aromatic ring is 1. The molecule has 0 radical (unpaired) electrons. The summed E-state index contributed by atoms with van der Waals surface area (Å²) in [7, 11) is 0. The Kier molecular flexibility index (Phi) is 3.57. The maximum absolute atomic E-state index is 12.4. The van der Waals surface area contributed by atoms with Gasteiger partial charge in [-0.1, -0.05) is 0 Å². The summed E-state index contributed by atoms with van der Waals surface area (Å²) in [5.74, 6) is -1.14. The van der Waals surface area contributed by atoms with Crippen molar-refractivity contribution in [2.75, 3.05) is 5.73 Å². The van der Waals surface area contributed by atoms with Crippen LogP contribution in [0.2, 0.25) is 0 Å². The van der Waals surface area contributed by atoms with Gasteiger partial charge in [0.1, 0.15) is 5.69 Å². The van der Waals surface area contributed by atoms with Gasteiger partial charge < -0.3 is 10.8 Å². The standard InChI is InChI=1S/C8H7BrF2N2O2/c9-4-1-3(2-5(14)15)13-7(6(4)12)8(10)11/h1,8H,2,12H2,(H,14,15). The van der Waals surface area contributed by atoms with E-state index in [1.54, 1.807) is 0 Å². The fourth-order valence-electron chi connectivity index (χ4n) is 1.01. The van der Waals surface area contributed by atoms with Crippen LogP contribution in [0, 0.1) is 0 Å². The minimum absolute atomic E-state index is 0.0406. The third kappa shape index (κ3) is 2.85. The summed E-state index contributed by atoms with van der Waals surface area (Å²) < 4.78 is 25.1. The average molecular weight is 281 g/mol. The number of rotatable bonds is 3. The fourth-order valence-corrected chi connectivity index (χ4v) is 1.47. The highest BCUT2D eigenvalue weighted by Crippen LogP contribution is 2.29. The molecule has 0 spiro atoms. The first-order chi connectivity index (χ1) is 6.91. The third-order valence-electron chi connectivity index (χ3n) is 1.63. The molecule has 0 saturated heterocycles. The van der Waals surface area contributed by atoms with Gasteiger partial charge in [0, 0.05) is 4.47 Å². The lowest BCUT2D eigenvalue weighted by Crippen LogP contribution is -2.07. The minimum Gasteiger partial charge on any atom is -0.481 e. The summed E-state index contributed by atoms with van der Waals surface area (Å²) >= 11 is 2.96. The van der Waals surface area contributed by atoms with E-state index in [-0.39, 0.29) is 15.9 Å². The summed E-state index contributed by atoms with van der Waals surface area (Å²) in [6, 6.07) is 1.31. The lowest BCUT2D eigenvalue weighted by Gasteiger charge is -2.07. The van der Waals surface area contributed by atoms with Crippen LogP contribution in [0.1, 0.15) is 17.8 Å². The molecule has 7 heteroatoms. The second kappa shape index (κ2) is 4.52. The largest absolute Gasteiger partial charge is 0.481 e. The Morgan fingerprint density at radius 3 is 2.73 bits per heavy atom. The monoisotopic (exact) mass is 280 g/mol. The summed E-state index contributed by atoms with van der Waals surface area (Å²) in [6.07, 6.45) is -3.24. The van der Waals surface area contributed by atoms with Gasteiger partial charge in [0.2, 0.25) is 0 Å². The van der Waals surface area contributed by atoms with Gasteiger partial charge >= 0.3 is 5.97 Å². The zero-order chi connectivity index (χ0) is 11.6. The fraction of sp³-hybridized carbons (Fsp3) is 0.250. The molecule has 0 saturated carbocycles. The number of alkyl halides is 2. The lowest BCUT2D eigenvalue weighted by atomic mass is 10.2. The molecule has 4 nitrogen and oxygen atoms in total. The van der Waals surface area contributed by atoms with Crippen LogP contribution in [0.4, 0.5) is 14.5 Å². The predicted octanol–water partition coefficient (Wildman–Crippen LogP) is 1.99. The van der Waals surface area contributed by atoms with E-state index in [1.165, 1.54) is 6.07 Å². The molecule has 0 bridgehead atoms. The number of carboxylic acid groups (broad SMARTS) is 1. The number of aromatic nitrogens is 1. The van der Waals surface area contributed by atoms with Crippen molar-refractivity contribution >= 4 is 27.6 Å². The summed E-state index contributed by atoms with van der Waals surface area (Å²) in [6.45, 7) is 0. The number of hydrogen-bond acceptors (Lipinski definition) is 3. The molecule has 0 amide bonds. The summed E-state index contributed by atoms with van der Waals surface area (Å²) in [4.78, 5) is 13.9. The topological polar surface area (TPSA) is 76.2 Å². The van der Waals surface area contributed by atoms with E-state index in [0.717, 1.165) is 0 Å². The minimum atomic E-state index is -2.82. The molecule has 1 aromatic heterocycles. The van der Waals surface area contributed by atoms with Crippen LogP contribution in [-0.4, -0.2) is 16.1 Å². The smallest absolute Gasteiger partial charge is 0.309 e. The predicted molar refractivity (Wildman–Crippen MR) is 52.6 cm³/mol. The highest BCUT2D eigenvalue weighted by atomic mass is 79.9. The molecular formula is C8H7BrF2N2O2. The van der Waals surface area contributed by atoms with Crippen molar-refractivity contribution in [3.05, 3.63) is 21.9 Å². The van der Waals surface area contributed by atoms with Crippen LogP contribution in [-0.2, 0) is 11.2 Å². The van der Waals surface area contributed by atoms with Gasteiger partial charge in [0.25, 0.3) is 6.43 Å². The number of halogens is 3. The second-order valence-corrected chi connectivity index (χ2v) is 3.62. The highest BCUT2D eigenvalue weighted by molar-refractivity contribution is 9.10. The molecule has 3 N–H and O–H groups in total. The quantitative estimate of drug-likeness (QED) is 0.888. The maximum atomic E-state index is 12.4. The zero-order valence-electron chi connectivity index (χ0n) is 7.38. The van der Waals surface area contributed by atoms with Crippen LogP contribution < -0.4 is 5.73 Å². The zero-order valence-corrected chi connectivity index (χ0v) is 8.96. The van der Waals surface area contributed by atoms with Crippen LogP contribution in [0.3, 0.4) is 0 Å². The maximum Gasteiger partial charge on any atom is 0.309 e. The van der Waals surface area contributed by atoms with E-state index in [4.69, 9.17) is 10.8 Å². The van der Waals surface area contributed by atoms with E-state index in [1.807, 2.05) is 0 Å². The Labute approximate surface area is 92.2 Å². The number of carboxylic acids is 1. The van der Waals surface area contributed by atoms with Crippen molar-refractivity contribution in [2.45, 2.75) is 12.8 Å². The van der Waals surface area contributed by atoms with E-state index in [9.17, 15) is 13.6 Å². The summed E-state index contributed by atoms with van der Waals surface area (Å²) in [5, 5.41) is 8.48. The number of anilines is 1. The van der Waals surface area contributed by atoms with Crippen LogP contribution in [0.5, 0.6) is 0 Å². The molecule has 0 aromatic carbocycles. The van der Waals surface area contributed by atoms with Gasteiger partial charge in [-0.2, -0.15) is 0 Å². The van der Waals surface area contributed by atoms with Crippen molar-refractivity contribution in [3.8, 4) is 0 Å². The molecule has 82 valence electrons. The molecule has 0 aliphatic carbocycles. The van der Waals surface area contributed by atoms with Crippen molar-refractivity contribution in [3.63, 3.8) is 0 Å². The number of nitrogens with zero attached hydrogens (tertiary/aromatic N) is 1.